The van der Waals surface area contributed by atoms with Gasteiger partial charge in [-0.25, -0.2) is 0 Å². The van der Waals surface area contributed by atoms with Crippen molar-refractivity contribution in [1.29, 1.82) is 0 Å². The van der Waals surface area contributed by atoms with Crippen LogP contribution in [-0.4, -0.2) is 32.1 Å². The number of hydrogen-bond donors (Lipinski definition) is 2. The fourth-order valence-corrected chi connectivity index (χ4v) is 4.24. The number of fused-ring (bicyclic) bond motifs is 1. The van der Waals surface area contributed by atoms with Crippen LogP contribution in [0.25, 0.3) is 0 Å². The molecule has 0 bridgehead atoms. The second-order valence-corrected chi connectivity index (χ2v) is 7.06. The third-order valence-corrected chi connectivity index (χ3v) is 5.48. The van der Waals surface area contributed by atoms with Crippen molar-refractivity contribution in [2.75, 3.05) is 26.2 Å². The largest absolute Gasteiger partial charge is 0.351 e. The number of carbonyl (C=O) groups excluding carboxylic acids is 1. The van der Waals surface area contributed by atoms with Gasteiger partial charge >= 0.3 is 0 Å². The summed E-state index contributed by atoms with van der Waals surface area (Å²) in [6.07, 6.45) is 7.91. The monoisotopic (exact) mass is 301 g/mol. The van der Waals surface area contributed by atoms with Gasteiger partial charge in [0, 0.05) is 12.5 Å². The average molecular weight is 301 g/mol. The summed E-state index contributed by atoms with van der Waals surface area (Å²) in [6.45, 7) is 3.82. The Bertz CT molecular complexity index is 474. The third-order valence-electron chi connectivity index (χ3n) is 5.48. The summed E-state index contributed by atoms with van der Waals surface area (Å²) in [6, 6.07) is 10.4. The number of nitrogens with one attached hydrogen (secondary N) is 2. The van der Waals surface area contributed by atoms with E-state index < -0.39 is 0 Å². The Hall–Kier alpha value is -1.35. The van der Waals surface area contributed by atoms with E-state index in [2.05, 4.69) is 29.6 Å². The first-order valence-electron chi connectivity index (χ1n) is 8.95. The van der Waals surface area contributed by atoms with Crippen molar-refractivity contribution in [3.05, 3.63) is 35.9 Å². The van der Waals surface area contributed by atoms with Crippen LogP contribution in [0, 0.1) is 11.8 Å². The van der Waals surface area contributed by atoms with Crippen LogP contribution in [-0.2, 0) is 11.2 Å². The molecule has 1 unspecified atom stereocenters. The SMILES string of the molecule is O=C(C[NH+]1CC[C@@H]2CCCC[C@@H]2C1)NCCc1ccccc1. The minimum atomic E-state index is 0.222. The van der Waals surface area contributed by atoms with Crippen molar-refractivity contribution >= 4 is 5.91 Å². The number of piperidine rings is 1. The number of carbonyl (C=O) groups is 1. The third kappa shape index (κ3) is 4.33. The van der Waals surface area contributed by atoms with Crippen LogP contribution < -0.4 is 10.2 Å². The van der Waals surface area contributed by atoms with Gasteiger partial charge < -0.3 is 10.2 Å². The Morgan fingerprint density at radius 3 is 2.68 bits per heavy atom. The Morgan fingerprint density at radius 2 is 1.86 bits per heavy atom. The molecule has 1 amide bonds. The Morgan fingerprint density at radius 1 is 1.09 bits per heavy atom. The molecule has 3 heteroatoms. The normalized spacial score (nSPS) is 27.9. The first kappa shape index (κ1) is 15.5. The highest BCUT2D eigenvalue weighted by atomic mass is 16.2. The topological polar surface area (TPSA) is 33.5 Å². The number of hydrogen-bond acceptors (Lipinski definition) is 1. The van der Waals surface area contributed by atoms with Gasteiger partial charge in [0.1, 0.15) is 0 Å². The van der Waals surface area contributed by atoms with Crippen molar-refractivity contribution in [3.63, 3.8) is 0 Å². The second kappa shape index (κ2) is 7.77. The maximum absolute atomic E-state index is 12.1. The van der Waals surface area contributed by atoms with E-state index in [-0.39, 0.29) is 5.91 Å². The van der Waals surface area contributed by atoms with Gasteiger partial charge in [-0.3, -0.25) is 4.79 Å². The van der Waals surface area contributed by atoms with Gasteiger partial charge in [0.05, 0.1) is 13.1 Å². The predicted molar refractivity (Wildman–Crippen MR) is 88.8 cm³/mol. The molecule has 1 saturated heterocycles. The Kier molecular flexibility index (Phi) is 5.49. The summed E-state index contributed by atoms with van der Waals surface area (Å²) in [7, 11) is 0. The molecule has 0 spiro atoms. The molecule has 1 aromatic carbocycles. The molecule has 3 rings (SSSR count). The number of rotatable bonds is 5. The van der Waals surface area contributed by atoms with Crippen LogP contribution >= 0.6 is 0 Å². The molecule has 1 aliphatic heterocycles. The molecular formula is C19H29N2O+. The van der Waals surface area contributed by atoms with E-state index in [0.717, 1.165) is 24.8 Å². The molecule has 1 saturated carbocycles. The van der Waals surface area contributed by atoms with Gasteiger partial charge in [-0.05, 0) is 37.2 Å². The molecule has 2 aliphatic rings. The van der Waals surface area contributed by atoms with Crippen LogP contribution in [0.1, 0.15) is 37.7 Å². The summed E-state index contributed by atoms with van der Waals surface area (Å²) in [4.78, 5) is 13.6. The molecule has 22 heavy (non-hydrogen) atoms. The van der Waals surface area contributed by atoms with Crippen LogP contribution in [0.4, 0.5) is 0 Å². The average Bonchev–Trinajstić information content (AvgIpc) is 2.56. The molecule has 3 atom stereocenters. The molecule has 0 aromatic heterocycles. The van der Waals surface area contributed by atoms with Gasteiger partial charge in [-0.1, -0.05) is 43.2 Å². The highest BCUT2D eigenvalue weighted by Gasteiger charge is 2.34. The summed E-state index contributed by atoms with van der Waals surface area (Å²) < 4.78 is 0. The van der Waals surface area contributed by atoms with Gasteiger partial charge in [-0.15, -0.1) is 0 Å². The van der Waals surface area contributed by atoms with E-state index >= 15 is 0 Å². The molecule has 2 N–H and O–H groups in total. The minimum absolute atomic E-state index is 0.222. The van der Waals surface area contributed by atoms with Crippen LogP contribution in [0.2, 0.25) is 0 Å². The second-order valence-electron chi connectivity index (χ2n) is 7.06. The van der Waals surface area contributed by atoms with E-state index in [1.54, 1.807) is 0 Å². The molecule has 3 nitrogen and oxygen atoms in total. The van der Waals surface area contributed by atoms with Crippen LogP contribution in [0.3, 0.4) is 0 Å². The van der Waals surface area contributed by atoms with Crippen LogP contribution in [0.5, 0.6) is 0 Å². The lowest BCUT2D eigenvalue weighted by Crippen LogP contribution is -3.15. The fraction of sp³-hybridized carbons (Fsp3) is 0.632. The maximum Gasteiger partial charge on any atom is 0.275 e. The smallest absolute Gasteiger partial charge is 0.275 e. The number of quaternary nitrogens is 1. The Labute approximate surface area is 134 Å². The molecule has 1 aliphatic carbocycles. The van der Waals surface area contributed by atoms with Crippen LogP contribution in [0.15, 0.2) is 30.3 Å². The lowest BCUT2D eigenvalue weighted by Gasteiger charge is -2.38. The van der Waals surface area contributed by atoms with Crippen molar-refractivity contribution < 1.29 is 9.69 Å². The summed E-state index contributed by atoms with van der Waals surface area (Å²) in [5.74, 6) is 2.06. The van der Waals surface area contributed by atoms with Gasteiger partial charge in [-0.2, -0.15) is 0 Å². The lowest BCUT2D eigenvalue weighted by molar-refractivity contribution is -0.902. The standard InChI is InChI=1S/C19H28N2O/c22-19(20-12-10-16-6-2-1-3-7-16)15-21-13-11-17-8-4-5-9-18(17)14-21/h1-3,6-7,17-18H,4-5,8-15H2,(H,20,22)/p+1/t17-,18+/m0/s1. The first-order valence-corrected chi connectivity index (χ1v) is 8.95. The van der Waals surface area contributed by atoms with E-state index in [9.17, 15) is 4.79 Å². The van der Waals surface area contributed by atoms with Gasteiger partial charge in [0.15, 0.2) is 6.54 Å². The van der Waals surface area contributed by atoms with E-state index in [1.807, 2.05) is 6.07 Å². The van der Waals surface area contributed by atoms with E-state index in [4.69, 9.17) is 0 Å². The fourth-order valence-electron chi connectivity index (χ4n) is 4.24. The summed E-state index contributed by atoms with van der Waals surface area (Å²) in [5.41, 5.74) is 1.29. The zero-order valence-electron chi connectivity index (χ0n) is 13.5. The quantitative estimate of drug-likeness (QED) is 0.848. The molecule has 1 aromatic rings. The number of benzene rings is 1. The molecule has 2 fully saturated rings. The van der Waals surface area contributed by atoms with Gasteiger partial charge in [0.25, 0.3) is 5.91 Å². The van der Waals surface area contributed by atoms with E-state index in [0.29, 0.717) is 6.54 Å². The Balaban J connectivity index is 1.37. The van der Waals surface area contributed by atoms with Crippen molar-refractivity contribution in [2.24, 2.45) is 11.8 Å². The van der Waals surface area contributed by atoms with E-state index in [1.165, 1.54) is 55.7 Å². The summed E-state index contributed by atoms with van der Waals surface area (Å²) in [5, 5.41) is 3.09. The molecule has 120 valence electrons. The highest BCUT2D eigenvalue weighted by molar-refractivity contribution is 5.76. The predicted octanol–water partition coefficient (Wildman–Crippen LogP) is 1.44. The maximum atomic E-state index is 12.1. The molecular weight excluding hydrogens is 272 g/mol. The molecule has 1 heterocycles. The minimum Gasteiger partial charge on any atom is -0.351 e. The first-order chi connectivity index (χ1) is 10.8. The molecule has 0 radical (unpaired) electrons. The van der Waals surface area contributed by atoms with Crippen molar-refractivity contribution in [2.45, 2.75) is 38.5 Å². The van der Waals surface area contributed by atoms with Crippen molar-refractivity contribution in [3.8, 4) is 0 Å². The lowest BCUT2D eigenvalue weighted by atomic mass is 9.75. The highest BCUT2D eigenvalue weighted by Crippen LogP contribution is 2.32. The number of likely N-dealkylation sites (tertiary alicyclic amines) is 1. The van der Waals surface area contributed by atoms with Gasteiger partial charge in [0.2, 0.25) is 0 Å². The number of amides is 1. The summed E-state index contributed by atoms with van der Waals surface area (Å²) >= 11 is 0. The van der Waals surface area contributed by atoms with Crippen molar-refractivity contribution in [1.82, 2.24) is 5.32 Å². The zero-order valence-corrected chi connectivity index (χ0v) is 13.5. The zero-order chi connectivity index (χ0) is 15.2.